The van der Waals surface area contributed by atoms with Crippen LogP contribution in [0.15, 0.2) is 36.5 Å². The summed E-state index contributed by atoms with van der Waals surface area (Å²) in [5, 5.41) is 21.8. The van der Waals surface area contributed by atoms with Crippen molar-refractivity contribution in [1.82, 2.24) is 10.3 Å². The molecule has 0 aliphatic carbocycles. The summed E-state index contributed by atoms with van der Waals surface area (Å²) in [6.45, 7) is 3.10. The van der Waals surface area contributed by atoms with Gasteiger partial charge in [-0.15, -0.1) is 0 Å². The van der Waals surface area contributed by atoms with Gasteiger partial charge in [0, 0.05) is 24.9 Å². The Balaban J connectivity index is 1.81. The molecule has 0 saturated heterocycles. The summed E-state index contributed by atoms with van der Waals surface area (Å²) in [6.07, 6.45) is 1.30. The summed E-state index contributed by atoms with van der Waals surface area (Å²) in [7, 11) is 1.58. The molecule has 1 aromatic heterocycles. The van der Waals surface area contributed by atoms with Crippen LogP contribution in [-0.2, 0) is 4.79 Å². The lowest BCUT2D eigenvalue weighted by atomic mass is 10.1. The molecule has 2 heterocycles. The highest BCUT2D eigenvalue weighted by Gasteiger charge is 2.31. The van der Waals surface area contributed by atoms with E-state index in [1.807, 2.05) is 0 Å². The smallest absolute Gasteiger partial charge is 0.270 e. The van der Waals surface area contributed by atoms with Gasteiger partial charge in [-0.05, 0) is 38.1 Å². The third-order valence-corrected chi connectivity index (χ3v) is 4.15. The van der Waals surface area contributed by atoms with Crippen molar-refractivity contribution in [2.45, 2.75) is 25.5 Å². The van der Waals surface area contributed by atoms with E-state index in [0.717, 1.165) is 0 Å². The van der Waals surface area contributed by atoms with E-state index >= 15 is 0 Å². The van der Waals surface area contributed by atoms with Crippen LogP contribution in [-0.4, -0.2) is 52.3 Å². The van der Waals surface area contributed by atoms with Crippen molar-refractivity contribution < 1.29 is 24.5 Å². The van der Waals surface area contributed by atoms with Gasteiger partial charge in [0.2, 0.25) is 0 Å². The topological polar surface area (TPSA) is 112 Å². The van der Waals surface area contributed by atoms with Crippen molar-refractivity contribution in [2.75, 3.05) is 18.6 Å². The van der Waals surface area contributed by atoms with Gasteiger partial charge in [0.05, 0.1) is 5.69 Å². The Bertz CT molecular complexity index is 1020. The molecule has 2 amide bonds. The Morgan fingerprint density at radius 1 is 1.34 bits per heavy atom. The zero-order chi connectivity index (χ0) is 21.2. The first-order valence-corrected chi connectivity index (χ1v) is 8.90. The van der Waals surface area contributed by atoms with E-state index in [0.29, 0.717) is 17.0 Å². The number of aliphatic hydroxyl groups is 1. The number of fused-ring (bicyclic) bond motifs is 1. The second kappa shape index (κ2) is 7.81. The van der Waals surface area contributed by atoms with E-state index in [1.54, 1.807) is 39.1 Å². The van der Waals surface area contributed by atoms with E-state index < -0.39 is 17.6 Å². The van der Waals surface area contributed by atoms with Crippen LogP contribution in [0, 0.1) is 11.8 Å². The molecule has 3 N–H and O–H groups in total. The fourth-order valence-corrected chi connectivity index (χ4v) is 2.68. The molecule has 150 valence electrons. The van der Waals surface area contributed by atoms with E-state index in [4.69, 9.17) is 4.74 Å². The van der Waals surface area contributed by atoms with Crippen LogP contribution in [0.1, 0.15) is 29.9 Å². The number of carbonyl (C=O) groups is 2. The van der Waals surface area contributed by atoms with Crippen molar-refractivity contribution in [3.63, 3.8) is 0 Å². The third kappa shape index (κ3) is 4.83. The maximum Gasteiger partial charge on any atom is 0.270 e. The van der Waals surface area contributed by atoms with Gasteiger partial charge in [-0.25, -0.2) is 0 Å². The van der Waals surface area contributed by atoms with Crippen LogP contribution in [0.2, 0.25) is 0 Å². The molecule has 3 rings (SSSR count). The molecule has 1 aromatic carbocycles. The first-order chi connectivity index (χ1) is 13.6. The number of anilines is 1. The van der Waals surface area contributed by atoms with Crippen LogP contribution in [0.25, 0.3) is 0 Å². The van der Waals surface area contributed by atoms with Gasteiger partial charge in [0.1, 0.15) is 35.4 Å². The zero-order valence-corrected chi connectivity index (χ0v) is 16.3. The number of benzene rings is 1. The largest absolute Gasteiger partial charge is 0.508 e. The summed E-state index contributed by atoms with van der Waals surface area (Å²) in [4.78, 5) is 30.5. The standard InChI is InChI=1S/C21H21N3O5/c1-21(2,28)8-6-13-4-5-18-17(10-13)24(3)20(27)16(12-29-18)23-19(26)15-11-14(25)7-9-22-15/h4-5,7,9-11,16,28H,12H2,1-3H3,(H,22,25)(H,23,26). The van der Waals surface area contributed by atoms with Crippen molar-refractivity contribution in [2.24, 2.45) is 0 Å². The van der Waals surface area contributed by atoms with Gasteiger partial charge >= 0.3 is 0 Å². The number of nitrogens with zero attached hydrogens (tertiary/aromatic N) is 2. The van der Waals surface area contributed by atoms with Crippen LogP contribution in [0.4, 0.5) is 5.69 Å². The summed E-state index contributed by atoms with van der Waals surface area (Å²) >= 11 is 0. The number of carbonyl (C=O) groups excluding carboxylic acids is 2. The Labute approximate surface area is 168 Å². The Morgan fingerprint density at radius 3 is 2.79 bits per heavy atom. The molecule has 0 radical (unpaired) electrons. The van der Waals surface area contributed by atoms with Crippen LogP contribution >= 0.6 is 0 Å². The third-order valence-electron chi connectivity index (χ3n) is 4.15. The van der Waals surface area contributed by atoms with Crippen molar-refractivity contribution in [1.29, 1.82) is 0 Å². The molecule has 1 aliphatic rings. The molecule has 2 aromatic rings. The molecule has 8 heteroatoms. The van der Waals surface area contributed by atoms with Gasteiger partial charge in [-0.3, -0.25) is 14.6 Å². The lowest BCUT2D eigenvalue weighted by Gasteiger charge is -2.20. The van der Waals surface area contributed by atoms with Gasteiger partial charge < -0.3 is 25.2 Å². The minimum Gasteiger partial charge on any atom is -0.508 e. The quantitative estimate of drug-likeness (QED) is 0.656. The molecule has 1 atom stereocenters. The van der Waals surface area contributed by atoms with Gasteiger partial charge in [-0.1, -0.05) is 11.8 Å². The molecular formula is C21H21N3O5. The second-order valence-electron chi connectivity index (χ2n) is 7.13. The van der Waals surface area contributed by atoms with E-state index in [9.17, 15) is 19.8 Å². The maximum atomic E-state index is 12.9. The first kappa shape index (κ1) is 20.2. The van der Waals surface area contributed by atoms with Gasteiger partial charge in [-0.2, -0.15) is 0 Å². The van der Waals surface area contributed by atoms with Crippen LogP contribution in [0.3, 0.4) is 0 Å². The van der Waals surface area contributed by atoms with E-state index in [1.165, 1.54) is 23.2 Å². The fourth-order valence-electron chi connectivity index (χ4n) is 2.68. The number of amides is 2. The van der Waals surface area contributed by atoms with Crippen LogP contribution in [0.5, 0.6) is 11.5 Å². The molecule has 8 nitrogen and oxygen atoms in total. The molecule has 0 spiro atoms. The second-order valence-corrected chi connectivity index (χ2v) is 7.13. The van der Waals surface area contributed by atoms with Gasteiger partial charge in [0.25, 0.3) is 11.8 Å². The number of aromatic nitrogens is 1. The summed E-state index contributed by atoms with van der Waals surface area (Å²) < 4.78 is 5.72. The average molecular weight is 395 g/mol. The maximum absolute atomic E-state index is 12.9. The zero-order valence-electron chi connectivity index (χ0n) is 16.3. The Morgan fingerprint density at radius 2 is 2.10 bits per heavy atom. The first-order valence-electron chi connectivity index (χ1n) is 8.90. The predicted molar refractivity (Wildman–Crippen MR) is 106 cm³/mol. The number of hydrogen-bond donors (Lipinski definition) is 3. The fraction of sp³-hybridized carbons (Fsp3) is 0.286. The summed E-state index contributed by atoms with van der Waals surface area (Å²) in [5.74, 6) is 4.99. The Kier molecular flexibility index (Phi) is 5.43. The Hall–Kier alpha value is -3.57. The SMILES string of the molecule is CN1C(=O)C(NC(=O)c2cc(O)ccn2)COc2ccc(C#CC(C)(C)O)cc21. The van der Waals surface area contributed by atoms with Crippen molar-refractivity contribution >= 4 is 17.5 Å². The lowest BCUT2D eigenvalue weighted by Crippen LogP contribution is -2.49. The highest BCUT2D eigenvalue weighted by Crippen LogP contribution is 2.31. The molecule has 1 unspecified atom stereocenters. The minimum atomic E-state index is -1.14. The minimum absolute atomic E-state index is 0.00797. The van der Waals surface area contributed by atoms with Crippen molar-refractivity contribution in [3.05, 3.63) is 47.8 Å². The monoisotopic (exact) mass is 395 g/mol. The number of hydrogen-bond acceptors (Lipinski definition) is 6. The predicted octanol–water partition coefficient (Wildman–Crippen LogP) is 1.06. The highest BCUT2D eigenvalue weighted by molar-refractivity contribution is 6.03. The molecule has 29 heavy (non-hydrogen) atoms. The highest BCUT2D eigenvalue weighted by atomic mass is 16.5. The molecule has 0 saturated carbocycles. The number of aromatic hydroxyl groups is 1. The average Bonchev–Trinajstić information content (AvgIpc) is 2.78. The molecule has 0 fully saturated rings. The van der Waals surface area contributed by atoms with Crippen LogP contribution < -0.4 is 15.0 Å². The lowest BCUT2D eigenvalue weighted by molar-refractivity contribution is -0.120. The number of rotatable bonds is 2. The molecule has 0 bridgehead atoms. The number of nitrogens with one attached hydrogen (secondary N) is 1. The number of likely N-dealkylation sites (N-methyl/N-ethyl adjacent to an activating group) is 1. The number of pyridine rings is 1. The number of ether oxygens (including phenoxy) is 1. The summed E-state index contributed by atoms with van der Waals surface area (Å²) in [6, 6.07) is 6.73. The normalized spacial score (nSPS) is 16.1. The molecular weight excluding hydrogens is 374 g/mol. The molecule has 1 aliphatic heterocycles. The van der Waals surface area contributed by atoms with Crippen molar-refractivity contribution in [3.8, 4) is 23.3 Å². The van der Waals surface area contributed by atoms with E-state index in [2.05, 4.69) is 22.1 Å². The van der Waals surface area contributed by atoms with Gasteiger partial charge in [0.15, 0.2) is 0 Å². The van der Waals surface area contributed by atoms with E-state index in [-0.39, 0.29) is 24.0 Å². The summed E-state index contributed by atoms with van der Waals surface area (Å²) in [5.41, 5.74) is -0.0305.